The van der Waals surface area contributed by atoms with Crippen LogP contribution in [0.2, 0.25) is 5.02 Å². The molecule has 0 saturated heterocycles. The Kier molecular flexibility index (Phi) is 10.4. The third-order valence-electron chi connectivity index (χ3n) is 6.16. The zero-order valence-electron chi connectivity index (χ0n) is 22.2. The summed E-state index contributed by atoms with van der Waals surface area (Å²) in [5.74, 6) is 0.849. The molecule has 0 aliphatic carbocycles. The lowest BCUT2D eigenvalue weighted by atomic mass is 10.0. The average molecular weight is 504 g/mol. The number of para-hydroxylation sites is 1. The maximum Gasteiger partial charge on any atom is 0.127 e. The summed E-state index contributed by atoms with van der Waals surface area (Å²) in [6.45, 7) is 12.4. The molecule has 190 valence electrons. The van der Waals surface area contributed by atoms with Gasteiger partial charge in [0.1, 0.15) is 12.4 Å². The molecule has 0 bridgehead atoms. The van der Waals surface area contributed by atoms with Gasteiger partial charge in [-0.3, -0.25) is 4.99 Å². The number of anilines is 2. The number of halogens is 1. The van der Waals surface area contributed by atoms with E-state index in [0.29, 0.717) is 6.61 Å². The van der Waals surface area contributed by atoms with Gasteiger partial charge in [0.15, 0.2) is 0 Å². The first kappa shape index (κ1) is 27.3. The Hall–Kier alpha value is -3.24. The van der Waals surface area contributed by atoms with Crippen LogP contribution in [0.1, 0.15) is 44.4 Å². The largest absolute Gasteiger partial charge is 0.488 e. The number of nitrogens with zero attached hydrogens (tertiary/aromatic N) is 3. The van der Waals surface area contributed by atoms with Crippen molar-refractivity contribution in [1.82, 2.24) is 0 Å². The van der Waals surface area contributed by atoms with E-state index >= 15 is 0 Å². The van der Waals surface area contributed by atoms with Gasteiger partial charge in [0.2, 0.25) is 0 Å². The lowest BCUT2D eigenvalue weighted by Crippen LogP contribution is -2.21. The van der Waals surface area contributed by atoms with E-state index in [1.807, 2.05) is 38.1 Å². The minimum atomic E-state index is 0.483. The van der Waals surface area contributed by atoms with Gasteiger partial charge in [-0.25, -0.2) is 0 Å². The van der Waals surface area contributed by atoms with E-state index in [1.54, 1.807) is 0 Å². The number of fused-ring (bicyclic) bond motifs is 1. The summed E-state index contributed by atoms with van der Waals surface area (Å²) in [6.07, 6.45) is 4.25. The Morgan fingerprint density at radius 2 is 1.69 bits per heavy atom. The molecule has 36 heavy (non-hydrogen) atoms. The predicted octanol–water partition coefficient (Wildman–Crippen LogP) is 7.74. The number of aliphatic imine (C=N–C) groups is 1. The van der Waals surface area contributed by atoms with Crippen molar-refractivity contribution in [2.24, 2.45) is 4.99 Å². The Morgan fingerprint density at radius 3 is 2.42 bits per heavy atom. The van der Waals surface area contributed by atoms with E-state index in [4.69, 9.17) is 21.3 Å². The highest BCUT2D eigenvalue weighted by molar-refractivity contribution is 6.30. The number of allylic oxidation sites excluding steroid dienone is 1. The van der Waals surface area contributed by atoms with Crippen molar-refractivity contribution in [3.63, 3.8) is 0 Å². The van der Waals surface area contributed by atoms with Crippen molar-refractivity contribution in [2.45, 2.75) is 34.3 Å². The van der Waals surface area contributed by atoms with Gasteiger partial charge in [0, 0.05) is 54.2 Å². The van der Waals surface area contributed by atoms with E-state index in [-0.39, 0.29) is 0 Å². The molecule has 0 atom stereocenters. The van der Waals surface area contributed by atoms with Crippen LogP contribution in [0, 0.1) is 0 Å². The first-order valence-corrected chi connectivity index (χ1v) is 13.3. The van der Waals surface area contributed by atoms with Crippen LogP contribution < -0.4 is 14.5 Å². The molecule has 0 aromatic heterocycles. The predicted molar refractivity (Wildman–Crippen MR) is 157 cm³/mol. The number of ether oxygens (including phenoxy) is 1. The Bertz CT molecular complexity index is 1170. The van der Waals surface area contributed by atoms with E-state index in [2.05, 4.69) is 85.3 Å². The standard InChI is InChI=1S/C29H32ClN3O.C2H6/c1-4-33(5-2)25-15-17-29(34-21-22-10-13-24(30)14-11-22)23(20-25)12-16-27-26-8-6-7-9-28(26)32(3)19-18-31-27;1-2/h6-17,20H,4-5,18-19,21H2,1-3H3;1-2H3/b16-12+;. The number of likely N-dealkylation sites (N-methyl/N-ethyl adjacent to an activating group) is 1. The molecule has 5 heteroatoms. The molecule has 0 unspecified atom stereocenters. The second kappa shape index (κ2) is 13.7. The zero-order chi connectivity index (χ0) is 25.9. The van der Waals surface area contributed by atoms with Gasteiger partial charge in [-0.1, -0.05) is 55.8 Å². The Balaban J connectivity index is 0.00000176. The molecule has 0 N–H and O–H groups in total. The van der Waals surface area contributed by atoms with Gasteiger partial charge in [0.25, 0.3) is 0 Å². The molecule has 1 heterocycles. The number of hydrogen-bond acceptors (Lipinski definition) is 4. The fourth-order valence-electron chi connectivity index (χ4n) is 4.19. The van der Waals surface area contributed by atoms with Crippen LogP contribution in [0.15, 0.2) is 77.8 Å². The van der Waals surface area contributed by atoms with Crippen molar-refractivity contribution in [2.75, 3.05) is 43.0 Å². The molecule has 0 saturated carbocycles. The highest BCUT2D eigenvalue weighted by Crippen LogP contribution is 2.29. The minimum Gasteiger partial charge on any atom is -0.488 e. The van der Waals surface area contributed by atoms with Gasteiger partial charge in [-0.15, -0.1) is 0 Å². The maximum atomic E-state index is 6.26. The quantitative estimate of drug-likeness (QED) is 0.314. The molecule has 4 rings (SSSR count). The first-order valence-electron chi connectivity index (χ1n) is 12.9. The third kappa shape index (κ3) is 6.92. The fourth-order valence-corrected chi connectivity index (χ4v) is 4.31. The topological polar surface area (TPSA) is 28.1 Å². The van der Waals surface area contributed by atoms with Gasteiger partial charge in [-0.05, 0) is 68.0 Å². The number of benzene rings is 3. The Morgan fingerprint density at radius 1 is 0.972 bits per heavy atom. The number of benzodiazepines with no additional fused rings is 1. The molecule has 3 aromatic carbocycles. The van der Waals surface area contributed by atoms with Crippen LogP contribution in [0.3, 0.4) is 0 Å². The van der Waals surface area contributed by atoms with E-state index in [1.165, 1.54) is 11.4 Å². The van der Waals surface area contributed by atoms with Crippen LogP contribution in [-0.4, -0.2) is 38.9 Å². The smallest absolute Gasteiger partial charge is 0.127 e. The lowest BCUT2D eigenvalue weighted by molar-refractivity contribution is 0.305. The van der Waals surface area contributed by atoms with Gasteiger partial charge >= 0.3 is 0 Å². The summed E-state index contributed by atoms with van der Waals surface area (Å²) < 4.78 is 6.26. The van der Waals surface area contributed by atoms with Crippen LogP contribution in [0.25, 0.3) is 6.08 Å². The molecular weight excluding hydrogens is 466 g/mol. The zero-order valence-corrected chi connectivity index (χ0v) is 22.9. The molecule has 4 nitrogen and oxygen atoms in total. The SMILES string of the molecule is CC.CCN(CC)c1ccc(OCc2ccc(Cl)cc2)c(/C=C/C2=NCCN(C)c3ccccc32)c1. The van der Waals surface area contributed by atoms with Crippen molar-refractivity contribution in [3.05, 3.63) is 94.5 Å². The lowest BCUT2D eigenvalue weighted by Gasteiger charge is -2.22. The summed E-state index contributed by atoms with van der Waals surface area (Å²) >= 11 is 6.03. The van der Waals surface area contributed by atoms with E-state index < -0.39 is 0 Å². The highest BCUT2D eigenvalue weighted by Gasteiger charge is 2.14. The third-order valence-corrected chi connectivity index (χ3v) is 6.41. The summed E-state index contributed by atoms with van der Waals surface area (Å²) in [5, 5.41) is 0.728. The molecule has 0 spiro atoms. The summed E-state index contributed by atoms with van der Waals surface area (Å²) in [5.41, 5.74) is 6.67. The van der Waals surface area contributed by atoms with Crippen LogP contribution in [0.4, 0.5) is 11.4 Å². The van der Waals surface area contributed by atoms with Crippen molar-refractivity contribution >= 4 is 34.8 Å². The molecule has 0 radical (unpaired) electrons. The van der Waals surface area contributed by atoms with Gasteiger partial charge in [0.05, 0.1) is 12.3 Å². The van der Waals surface area contributed by atoms with Crippen molar-refractivity contribution in [3.8, 4) is 5.75 Å². The second-order valence-corrected chi connectivity index (χ2v) is 8.78. The number of rotatable bonds is 8. The maximum absolute atomic E-state index is 6.26. The Labute approximate surface area is 221 Å². The fraction of sp³-hybridized carbons (Fsp3) is 0.323. The van der Waals surface area contributed by atoms with Gasteiger partial charge < -0.3 is 14.5 Å². The van der Waals surface area contributed by atoms with Crippen LogP contribution in [0.5, 0.6) is 5.75 Å². The highest BCUT2D eigenvalue weighted by atomic mass is 35.5. The van der Waals surface area contributed by atoms with Crippen LogP contribution >= 0.6 is 11.6 Å². The first-order chi connectivity index (χ1) is 17.6. The molecule has 0 amide bonds. The van der Waals surface area contributed by atoms with E-state index in [9.17, 15) is 0 Å². The van der Waals surface area contributed by atoms with Crippen molar-refractivity contribution < 1.29 is 4.74 Å². The molecule has 1 aliphatic rings. The summed E-state index contributed by atoms with van der Waals surface area (Å²) in [4.78, 5) is 9.48. The molecule has 3 aromatic rings. The monoisotopic (exact) mass is 503 g/mol. The number of hydrogen-bond donors (Lipinski definition) is 0. The molecular formula is C31H38ClN3O. The second-order valence-electron chi connectivity index (χ2n) is 8.35. The minimum absolute atomic E-state index is 0.483. The normalized spacial score (nSPS) is 12.8. The molecule has 1 aliphatic heterocycles. The van der Waals surface area contributed by atoms with Gasteiger partial charge in [-0.2, -0.15) is 0 Å². The summed E-state index contributed by atoms with van der Waals surface area (Å²) in [7, 11) is 2.12. The van der Waals surface area contributed by atoms with E-state index in [0.717, 1.165) is 59.4 Å². The van der Waals surface area contributed by atoms with Crippen molar-refractivity contribution in [1.29, 1.82) is 0 Å². The molecule has 0 fully saturated rings. The van der Waals surface area contributed by atoms with Crippen LogP contribution in [-0.2, 0) is 6.61 Å². The summed E-state index contributed by atoms with van der Waals surface area (Å²) in [6, 6.07) is 22.6. The average Bonchev–Trinajstić information content (AvgIpc) is 3.08.